The summed E-state index contributed by atoms with van der Waals surface area (Å²) < 4.78 is 0. The third-order valence-electron chi connectivity index (χ3n) is 3.40. The van der Waals surface area contributed by atoms with E-state index in [4.69, 9.17) is 11.6 Å². The van der Waals surface area contributed by atoms with Gasteiger partial charge < -0.3 is 4.90 Å². The third-order valence-corrected chi connectivity index (χ3v) is 3.65. The minimum Gasteiger partial charge on any atom is -0.353 e. The zero-order chi connectivity index (χ0) is 14.5. The number of hydrogen-bond acceptors (Lipinski definition) is 3. The maximum atomic E-state index is 5.95. The number of hydrazine groups is 1. The number of halogens is 1. The molecule has 0 bridgehead atoms. The molecule has 0 saturated heterocycles. The summed E-state index contributed by atoms with van der Waals surface area (Å²) in [5.74, 6) is 1.23. The highest BCUT2D eigenvalue weighted by Crippen LogP contribution is 2.19. The lowest BCUT2D eigenvalue weighted by atomic mass is 10.2. The summed E-state index contributed by atoms with van der Waals surface area (Å²) in [4.78, 5) is 2.37. The van der Waals surface area contributed by atoms with Crippen LogP contribution in [0.2, 0.25) is 5.02 Å². The van der Waals surface area contributed by atoms with E-state index in [-0.39, 0.29) is 0 Å². The van der Waals surface area contributed by atoms with Gasteiger partial charge in [0, 0.05) is 32.2 Å². The zero-order valence-corrected chi connectivity index (χ0v) is 13.1. The van der Waals surface area contributed by atoms with Gasteiger partial charge in [-0.25, -0.2) is 5.01 Å². The molecule has 0 aromatic heterocycles. The Hall–Kier alpha value is -1.45. The molecule has 1 aromatic rings. The van der Waals surface area contributed by atoms with E-state index in [0.717, 1.165) is 24.7 Å². The van der Waals surface area contributed by atoms with E-state index in [1.807, 2.05) is 12.1 Å². The highest BCUT2D eigenvalue weighted by Gasteiger charge is 2.18. The summed E-state index contributed by atoms with van der Waals surface area (Å²) in [5.41, 5.74) is 1.27. The summed E-state index contributed by atoms with van der Waals surface area (Å²) >= 11 is 5.95. The molecule has 1 aliphatic rings. The number of rotatable bonds is 5. The van der Waals surface area contributed by atoms with Crippen molar-refractivity contribution in [2.75, 3.05) is 27.2 Å². The van der Waals surface area contributed by atoms with Gasteiger partial charge in [-0.1, -0.05) is 35.9 Å². The second-order valence-corrected chi connectivity index (χ2v) is 5.46. The highest BCUT2D eigenvalue weighted by atomic mass is 35.5. The molecule has 0 fully saturated rings. The van der Waals surface area contributed by atoms with Crippen molar-refractivity contribution >= 4 is 11.6 Å². The quantitative estimate of drug-likeness (QED) is 0.824. The van der Waals surface area contributed by atoms with Crippen molar-refractivity contribution in [3.63, 3.8) is 0 Å². The first-order valence-electron chi connectivity index (χ1n) is 6.92. The molecule has 1 aliphatic heterocycles. The van der Waals surface area contributed by atoms with Gasteiger partial charge in [0.1, 0.15) is 5.82 Å². The molecule has 0 aliphatic carbocycles. The number of benzene rings is 1. The van der Waals surface area contributed by atoms with Crippen LogP contribution in [-0.2, 0) is 6.54 Å². The molecule has 3 nitrogen and oxygen atoms in total. The first-order valence-corrected chi connectivity index (χ1v) is 7.30. The first-order chi connectivity index (χ1) is 9.61. The summed E-state index contributed by atoms with van der Waals surface area (Å²) in [6.45, 7) is 4.95. The fourth-order valence-electron chi connectivity index (χ4n) is 2.30. The fourth-order valence-corrected chi connectivity index (χ4v) is 2.42. The Morgan fingerprint density at radius 1 is 1.20 bits per heavy atom. The Kier molecular flexibility index (Phi) is 5.10. The normalized spacial score (nSPS) is 14.7. The molecule has 1 aromatic carbocycles. The molecule has 20 heavy (non-hydrogen) atoms. The molecule has 1 heterocycles. The van der Waals surface area contributed by atoms with Crippen LogP contribution in [0.4, 0.5) is 0 Å². The number of allylic oxidation sites excluding steroid dienone is 2. The Bertz CT molecular complexity index is 491. The van der Waals surface area contributed by atoms with Crippen LogP contribution in [0.5, 0.6) is 0 Å². The van der Waals surface area contributed by atoms with Crippen LogP contribution in [0.3, 0.4) is 0 Å². The predicted octanol–water partition coefficient (Wildman–Crippen LogP) is 3.35. The SMILES string of the molecule is CCN(Cc1ccc(Cl)cc1)C1=CC=CCN1N(C)C. The second kappa shape index (κ2) is 6.82. The van der Waals surface area contributed by atoms with E-state index in [1.165, 1.54) is 11.4 Å². The minimum absolute atomic E-state index is 0.784. The van der Waals surface area contributed by atoms with Gasteiger partial charge in [0.25, 0.3) is 0 Å². The monoisotopic (exact) mass is 291 g/mol. The molecule has 0 radical (unpaired) electrons. The maximum absolute atomic E-state index is 5.95. The molecule has 0 atom stereocenters. The van der Waals surface area contributed by atoms with Gasteiger partial charge in [0.2, 0.25) is 0 Å². The van der Waals surface area contributed by atoms with E-state index in [9.17, 15) is 0 Å². The summed E-state index contributed by atoms with van der Waals surface area (Å²) in [6, 6.07) is 8.07. The number of hydrogen-bond donors (Lipinski definition) is 0. The number of nitrogens with zero attached hydrogens (tertiary/aromatic N) is 3. The van der Waals surface area contributed by atoms with E-state index >= 15 is 0 Å². The molecule has 4 heteroatoms. The Morgan fingerprint density at radius 2 is 1.90 bits per heavy atom. The van der Waals surface area contributed by atoms with Crippen molar-refractivity contribution in [2.45, 2.75) is 13.5 Å². The highest BCUT2D eigenvalue weighted by molar-refractivity contribution is 6.30. The van der Waals surface area contributed by atoms with Crippen LogP contribution in [0.25, 0.3) is 0 Å². The van der Waals surface area contributed by atoms with Crippen molar-refractivity contribution < 1.29 is 0 Å². The molecule has 0 saturated carbocycles. The minimum atomic E-state index is 0.784. The summed E-state index contributed by atoms with van der Waals surface area (Å²) in [7, 11) is 4.15. The fraction of sp³-hybridized carbons (Fsp3) is 0.375. The average molecular weight is 292 g/mol. The van der Waals surface area contributed by atoms with Crippen LogP contribution in [0.1, 0.15) is 12.5 Å². The van der Waals surface area contributed by atoms with Gasteiger partial charge in [0.05, 0.1) is 6.54 Å². The van der Waals surface area contributed by atoms with Crippen LogP contribution < -0.4 is 0 Å². The summed E-state index contributed by atoms with van der Waals surface area (Å²) in [5, 5.41) is 5.17. The van der Waals surface area contributed by atoms with E-state index in [1.54, 1.807) is 0 Å². The van der Waals surface area contributed by atoms with Crippen molar-refractivity contribution in [3.8, 4) is 0 Å². The lowest BCUT2D eigenvalue weighted by molar-refractivity contribution is 0.0350. The molecular formula is C16H22ClN3. The van der Waals surface area contributed by atoms with Crippen molar-refractivity contribution in [3.05, 3.63) is 58.9 Å². The molecular weight excluding hydrogens is 270 g/mol. The molecule has 0 amide bonds. The van der Waals surface area contributed by atoms with Gasteiger partial charge in [-0.2, -0.15) is 0 Å². The molecule has 0 N–H and O–H groups in total. The lowest BCUT2D eigenvalue weighted by Gasteiger charge is -2.39. The second-order valence-electron chi connectivity index (χ2n) is 5.02. The van der Waals surface area contributed by atoms with Gasteiger partial charge in [-0.3, -0.25) is 5.01 Å². The van der Waals surface area contributed by atoms with Gasteiger partial charge >= 0.3 is 0 Å². The Labute approximate surface area is 126 Å². The van der Waals surface area contributed by atoms with Crippen molar-refractivity contribution in [1.29, 1.82) is 0 Å². The molecule has 2 rings (SSSR count). The van der Waals surface area contributed by atoms with Crippen LogP contribution in [0.15, 0.2) is 48.3 Å². The van der Waals surface area contributed by atoms with Gasteiger partial charge in [-0.15, -0.1) is 0 Å². The molecule has 108 valence electrons. The largest absolute Gasteiger partial charge is 0.353 e. The van der Waals surface area contributed by atoms with E-state index < -0.39 is 0 Å². The maximum Gasteiger partial charge on any atom is 0.119 e. The first kappa shape index (κ1) is 14.9. The molecule has 0 spiro atoms. The van der Waals surface area contributed by atoms with Gasteiger partial charge in [0.15, 0.2) is 0 Å². The Morgan fingerprint density at radius 3 is 2.50 bits per heavy atom. The third kappa shape index (κ3) is 3.56. The van der Waals surface area contributed by atoms with Crippen molar-refractivity contribution in [1.82, 2.24) is 14.9 Å². The van der Waals surface area contributed by atoms with E-state index in [0.29, 0.717) is 0 Å². The summed E-state index contributed by atoms with van der Waals surface area (Å²) in [6.07, 6.45) is 6.46. The lowest BCUT2D eigenvalue weighted by Crippen LogP contribution is -2.43. The van der Waals surface area contributed by atoms with Crippen LogP contribution in [0, 0.1) is 0 Å². The van der Waals surface area contributed by atoms with Crippen molar-refractivity contribution in [2.24, 2.45) is 0 Å². The van der Waals surface area contributed by atoms with Gasteiger partial charge in [-0.05, 0) is 30.7 Å². The standard InChI is InChI=1S/C16H22ClN3/c1-4-19(13-14-8-10-15(17)11-9-14)16-7-5-6-12-20(16)18(2)3/h5-11H,4,12-13H2,1-3H3. The smallest absolute Gasteiger partial charge is 0.119 e. The predicted molar refractivity (Wildman–Crippen MR) is 85.2 cm³/mol. The average Bonchev–Trinajstić information content (AvgIpc) is 2.46. The topological polar surface area (TPSA) is 9.72 Å². The zero-order valence-electron chi connectivity index (χ0n) is 12.4. The van der Waals surface area contributed by atoms with Crippen LogP contribution in [-0.4, -0.2) is 42.1 Å². The van der Waals surface area contributed by atoms with E-state index in [2.05, 4.69) is 66.3 Å². The Balaban J connectivity index is 2.16. The van der Waals surface area contributed by atoms with Crippen LogP contribution >= 0.6 is 11.6 Å². The molecule has 0 unspecified atom stereocenters.